The molecular weight excluding hydrogens is 404 g/mol. The van der Waals surface area contributed by atoms with Crippen molar-refractivity contribution in [2.45, 2.75) is 91.9 Å². The maximum atomic E-state index is 2.35. The standard InChI is InChI=1S/C18H40N.2BrH.H3N/c1-5-9-10-11-12-13-14-15-16-17-18-19(6-2,7-3)8-4;;;/h5-18H2,1-4H3;2*1H;1H3/q+1;;;/p-1. The second kappa shape index (κ2) is 21.9. The highest BCUT2D eigenvalue weighted by Gasteiger charge is 2.19. The molecule has 0 aliphatic rings. The van der Waals surface area contributed by atoms with Crippen LogP contribution in [-0.4, -0.2) is 30.7 Å². The Hall–Kier alpha value is 0.880. The predicted molar refractivity (Wildman–Crippen MR) is 104 cm³/mol. The first-order valence-corrected chi connectivity index (χ1v) is 9.09. The number of rotatable bonds is 14. The third-order valence-corrected chi connectivity index (χ3v) is 5.00. The van der Waals surface area contributed by atoms with Crippen molar-refractivity contribution < 1.29 is 21.5 Å². The Bertz CT molecular complexity index is 178. The van der Waals surface area contributed by atoms with Crippen molar-refractivity contribution in [3.8, 4) is 0 Å². The lowest BCUT2D eigenvalue weighted by atomic mass is 10.1. The molecule has 0 spiro atoms. The van der Waals surface area contributed by atoms with E-state index in [0.717, 1.165) is 0 Å². The van der Waals surface area contributed by atoms with Crippen LogP contribution in [0.3, 0.4) is 0 Å². The van der Waals surface area contributed by atoms with Crippen LogP contribution < -0.4 is 23.1 Å². The topological polar surface area (TPSA) is 35.0 Å². The van der Waals surface area contributed by atoms with E-state index in [1.165, 1.54) is 94.9 Å². The molecule has 140 valence electrons. The molecule has 0 amide bonds. The number of unbranched alkanes of at least 4 members (excludes halogenated alkanes) is 9. The van der Waals surface area contributed by atoms with E-state index in [9.17, 15) is 0 Å². The minimum Gasteiger partial charge on any atom is -1.00 e. The van der Waals surface area contributed by atoms with Crippen molar-refractivity contribution in [1.29, 1.82) is 0 Å². The number of halogens is 2. The SMILES string of the molecule is Br.CCCCCCCCCCCC[N+](CC)(CC)CC.N.[Br-]. The molecule has 0 rings (SSSR count). The van der Waals surface area contributed by atoms with Gasteiger partial charge in [-0.15, -0.1) is 17.0 Å². The fourth-order valence-electron chi connectivity index (χ4n) is 3.08. The second-order valence-corrected chi connectivity index (χ2v) is 6.20. The van der Waals surface area contributed by atoms with Gasteiger partial charge < -0.3 is 27.6 Å². The highest BCUT2D eigenvalue weighted by Crippen LogP contribution is 2.13. The van der Waals surface area contributed by atoms with Crippen LogP contribution in [-0.2, 0) is 0 Å². The van der Waals surface area contributed by atoms with Crippen LogP contribution in [0.4, 0.5) is 0 Å². The van der Waals surface area contributed by atoms with Crippen molar-refractivity contribution in [2.24, 2.45) is 0 Å². The van der Waals surface area contributed by atoms with Gasteiger partial charge in [0, 0.05) is 0 Å². The van der Waals surface area contributed by atoms with Crippen LogP contribution >= 0.6 is 17.0 Å². The highest BCUT2D eigenvalue weighted by atomic mass is 79.9. The van der Waals surface area contributed by atoms with Gasteiger partial charge in [0.15, 0.2) is 0 Å². The van der Waals surface area contributed by atoms with E-state index in [2.05, 4.69) is 27.7 Å². The molecule has 0 fully saturated rings. The van der Waals surface area contributed by atoms with E-state index in [4.69, 9.17) is 0 Å². The van der Waals surface area contributed by atoms with Crippen LogP contribution in [0.5, 0.6) is 0 Å². The fourth-order valence-corrected chi connectivity index (χ4v) is 3.08. The molecule has 0 aliphatic heterocycles. The van der Waals surface area contributed by atoms with E-state index in [1.54, 1.807) is 0 Å². The summed E-state index contributed by atoms with van der Waals surface area (Å²) >= 11 is 0. The normalized spacial score (nSPS) is 10.4. The molecule has 0 aromatic carbocycles. The van der Waals surface area contributed by atoms with Crippen molar-refractivity contribution in [3.63, 3.8) is 0 Å². The molecule has 0 unspecified atom stereocenters. The molecular formula is C18H44Br2N2. The van der Waals surface area contributed by atoms with Gasteiger partial charge in [-0.3, -0.25) is 0 Å². The Morgan fingerprint density at radius 2 is 0.864 bits per heavy atom. The van der Waals surface area contributed by atoms with Gasteiger partial charge in [-0.2, -0.15) is 0 Å². The number of hydrogen-bond donors (Lipinski definition) is 1. The van der Waals surface area contributed by atoms with Crippen LogP contribution in [0.1, 0.15) is 91.9 Å². The Labute approximate surface area is 162 Å². The first-order valence-electron chi connectivity index (χ1n) is 9.09. The molecule has 3 N–H and O–H groups in total. The number of hydrogen-bond acceptors (Lipinski definition) is 1. The van der Waals surface area contributed by atoms with Crippen molar-refractivity contribution in [3.05, 3.63) is 0 Å². The highest BCUT2D eigenvalue weighted by molar-refractivity contribution is 8.93. The van der Waals surface area contributed by atoms with E-state index in [-0.39, 0.29) is 40.1 Å². The minimum atomic E-state index is 0. The average Bonchev–Trinajstić information content (AvgIpc) is 2.46. The molecule has 22 heavy (non-hydrogen) atoms. The maximum absolute atomic E-state index is 2.35. The fraction of sp³-hybridized carbons (Fsp3) is 1.00. The Morgan fingerprint density at radius 1 is 0.545 bits per heavy atom. The summed E-state index contributed by atoms with van der Waals surface area (Å²) in [5, 5.41) is 0. The molecule has 0 atom stereocenters. The minimum absolute atomic E-state index is 0. The summed E-state index contributed by atoms with van der Waals surface area (Å²) in [6.45, 7) is 14.7. The van der Waals surface area contributed by atoms with Crippen LogP contribution in [0.2, 0.25) is 0 Å². The Kier molecular flexibility index (Phi) is 30.6. The van der Waals surface area contributed by atoms with E-state index >= 15 is 0 Å². The average molecular weight is 448 g/mol. The zero-order valence-electron chi connectivity index (χ0n) is 15.8. The largest absolute Gasteiger partial charge is 1.00 e. The second-order valence-electron chi connectivity index (χ2n) is 6.20. The molecule has 0 aromatic rings. The van der Waals surface area contributed by atoms with Gasteiger partial charge in [-0.25, -0.2) is 0 Å². The van der Waals surface area contributed by atoms with Gasteiger partial charge in [0.2, 0.25) is 0 Å². The summed E-state index contributed by atoms with van der Waals surface area (Å²) in [4.78, 5) is 0. The van der Waals surface area contributed by atoms with E-state index in [1.807, 2.05) is 0 Å². The van der Waals surface area contributed by atoms with E-state index in [0.29, 0.717) is 0 Å². The van der Waals surface area contributed by atoms with Crippen molar-refractivity contribution in [1.82, 2.24) is 6.15 Å². The van der Waals surface area contributed by atoms with Gasteiger partial charge in [0.1, 0.15) is 0 Å². The van der Waals surface area contributed by atoms with Gasteiger partial charge in [-0.05, 0) is 33.6 Å². The third-order valence-electron chi connectivity index (χ3n) is 5.00. The molecule has 4 heteroatoms. The zero-order valence-corrected chi connectivity index (χ0v) is 19.1. The summed E-state index contributed by atoms with van der Waals surface area (Å²) in [5.41, 5.74) is 0. The summed E-state index contributed by atoms with van der Waals surface area (Å²) in [6.07, 6.45) is 14.5. The van der Waals surface area contributed by atoms with Crippen molar-refractivity contribution in [2.75, 3.05) is 26.2 Å². The molecule has 0 saturated carbocycles. The molecule has 0 bridgehead atoms. The summed E-state index contributed by atoms with van der Waals surface area (Å²) in [5.74, 6) is 0. The maximum Gasteiger partial charge on any atom is 0.0786 e. The lowest BCUT2D eigenvalue weighted by molar-refractivity contribution is -0.923. The molecule has 2 nitrogen and oxygen atoms in total. The summed E-state index contributed by atoms with van der Waals surface area (Å²) in [7, 11) is 0. The summed E-state index contributed by atoms with van der Waals surface area (Å²) in [6, 6.07) is 0. The van der Waals surface area contributed by atoms with Crippen LogP contribution in [0.15, 0.2) is 0 Å². The van der Waals surface area contributed by atoms with Crippen LogP contribution in [0, 0.1) is 0 Å². The first-order chi connectivity index (χ1) is 9.24. The molecule has 0 heterocycles. The van der Waals surface area contributed by atoms with Gasteiger partial charge in [-0.1, -0.05) is 58.3 Å². The quantitative estimate of drug-likeness (QED) is 0.320. The smallest absolute Gasteiger partial charge is 0.0786 e. The van der Waals surface area contributed by atoms with Gasteiger partial charge in [0.05, 0.1) is 26.2 Å². The van der Waals surface area contributed by atoms with Crippen molar-refractivity contribution >= 4 is 17.0 Å². The molecule has 0 aromatic heterocycles. The monoisotopic (exact) mass is 446 g/mol. The number of quaternary nitrogens is 1. The zero-order chi connectivity index (χ0) is 14.4. The summed E-state index contributed by atoms with van der Waals surface area (Å²) < 4.78 is 1.33. The van der Waals surface area contributed by atoms with E-state index < -0.39 is 0 Å². The predicted octanol–water partition coefficient (Wildman–Crippen LogP) is 3.53. The third kappa shape index (κ3) is 15.8. The van der Waals surface area contributed by atoms with Gasteiger partial charge >= 0.3 is 0 Å². The lowest BCUT2D eigenvalue weighted by Gasteiger charge is -2.35. The Balaban J connectivity index is -0.000000540. The molecule has 0 radical (unpaired) electrons. The van der Waals surface area contributed by atoms with Crippen LogP contribution in [0.25, 0.3) is 0 Å². The lowest BCUT2D eigenvalue weighted by Crippen LogP contribution is -3.00. The Morgan fingerprint density at radius 3 is 1.18 bits per heavy atom. The number of nitrogens with zero attached hydrogens (tertiary/aromatic N) is 1. The molecule has 0 aliphatic carbocycles. The molecule has 0 saturated heterocycles. The van der Waals surface area contributed by atoms with Gasteiger partial charge in [0.25, 0.3) is 0 Å². The first kappa shape index (κ1) is 30.7.